The molecular weight excluding hydrogens is 695 g/mol. The molecule has 0 aliphatic rings. The van der Waals surface area contributed by atoms with Crippen LogP contribution in [0.5, 0.6) is 0 Å². The van der Waals surface area contributed by atoms with Crippen LogP contribution in [0.4, 0.5) is 4.79 Å². The second-order valence-electron chi connectivity index (χ2n) is 12.9. The lowest BCUT2D eigenvalue weighted by molar-refractivity contribution is -0.143. The van der Waals surface area contributed by atoms with Crippen molar-refractivity contribution in [3.05, 3.63) is 144 Å². The first kappa shape index (κ1) is 40.0. The van der Waals surface area contributed by atoms with Gasteiger partial charge < -0.3 is 25.4 Å². The summed E-state index contributed by atoms with van der Waals surface area (Å²) in [4.78, 5) is 53.1. The van der Waals surface area contributed by atoms with Crippen LogP contribution >= 0.6 is 23.5 Å². The van der Waals surface area contributed by atoms with E-state index in [-0.39, 0.29) is 24.7 Å². The van der Waals surface area contributed by atoms with E-state index in [2.05, 4.69) is 52.3 Å². The molecule has 4 aromatic carbocycles. The van der Waals surface area contributed by atoms with Gasteiger partial charge in [-0.15, -0.1) is 11.8 Å². The van der Waals surface area contributed by atoms with Crippen LogP contribution in [0.25, 0.3) is 0 Å². The second-order valence-corrected chi connectivity index (χ2v) is 15.1. The van der Waals surface area contributed by atoms with E-state index in [9.17, 15) is 19.2 Å². The van der Waals surface area contributed by atoms with Crippen LogP contribution in [0.2, 0.25) is 0 Å². The zero-order chi connectivity index (χ0) is 37.4. The van der Waals surface area contributed by atoms with Gasteiger partial charge in [0.15, 0.2) is 0 Å². The van der Waals surface area contributed by atoms with Crippen LogP contribution in [-0.2, 0) is 34.4 Å². The molecule has 9 nitrogen and oxygen atoms in total. The van der Waals surface area contributed by atoms with Crippen molar-refractivity contribution in [1.29, 1.82) is 0 Å². The third-order valence-corrected chi connectivity index (χ3v) is 10.5. The van der Waals surface area contributed by atoms with E-state index in [0.29, 0.717) is 5.75 Å². The fourth-order valence-electron chi connectivity index (χ4n) is 5.43. The van der Waals surface area contributed by atoms with E-state index in [1.807, 2.05) is 84.9 Å². The number of ether oxygens (including phenoxy) is 2. The number of thioether (sulfide) groups is 2. The summed E-state index contributed by atoms with van der Waals surface area (Å²) in [6, 6.07) is 37.7. The Morgan fingerprint density at radius 1 is 0.654 bits per heavy atom. The third kappa shape index (κ3) is 11.9. The minimum atomic E-state index is -1.12. The Morgan fingerprint density at radius 3 is 1.62 bits per heavy atom. The molecule has 0 spiro atoms. The van der Waals surface area contributed by atoms with Crippen LogP contribution in [-0.4, -0.2) is 66.2 Å². The Balaban J connectivity index is 1.67. The summed E-state index contributed by atoms with van der Waals surface area (Å²) in [6.45, 7) is 6.75. The Bertz CT molecular complexity index is 1620. The molecule has 0 fully saturated rings. The van der Waals surface area contributed by atoms with Gasteiger partial charge in [-0.1, -0.05) is 121 Å². The molecule has 0 bridgehead atoms. The van der Waals surface area contributed by atoms with E-state index in [1.165, 1.54) is 23.5 Å². The normalized spacial score (nSPS) is 12.5. The van der Waals surface area contributed by atoms with Gasteiger partial charge in [0, 0.05) is 17.3 Å². The van der Waals surface area contributed by atoms with Crippen molar-refractivity contribution < 1.29 is 28.7 Å². The van der Waals surface area contributed by atoms with Crippen LogP contribution < -0.4 is 16.0 Å². The first-order valence-electron chi connectivity index (χ1n) is 17.2. The first-order chi connectivity index (χ1) is 25.0. The number of rotatable bonds is 17. The summed E-state index contributed by atoms with van der Waals surface area (Å²) in [5.41, 5.74) is 3.21. The van der Waals surface area contributed by atoms with E-state index < -0.39 is 46.3 Å². The topological polar surface area (TPSA) is 123 Å². The molecule has 52 heavy (non-hydrogen) atoms. The maximum Gasteiger partial charge on any atom is 0.408 e. The molecular formula is C41H47N3O6S2. The molecule has 3 amide bonds. The molecule has 0 aromatic heterocycles. The SMILES string of the molecule is CCOC(=O)CNC(=O)[C@H](CSCc1ccccc1)NC(=O)[C@H](CSC(c1ccccc1)(c1ccccc1)c1ccccc1)NC(=O)OC(C)(C)C. The molecule has 274 valence electrons. The van der Waals surface area contributed by atoms with Crippen molar-refractivity contribution in [2.24, 2.45) is 0 Å². The lowest BCUT2D eigenvalue weighted by Gasteiger charge is -2.36. The number of benzene rings is 4. The van der Waals surface area contributed by atoms with Crippen molar-refractivity contribution >= 4 is 47.4 Å². The molecule has 2 atom stereocenters. The summed E-state index contributed by atoms with van der Waals surface area (Å²) in [6.07, 6.45) is -0.764. The minimum Gasteiger partial charge on any atom is -0.465 e. The van der Waals surface area contributed by atoms with E-state index >= 15 is 0 Å². The highest BCUT2D eigenvalue weighted by Gasteiger charge is 2.39. The van der Waals surface area contributed by atoms with Crippen molar-refractivity contribution in [2.45, 2.75) is 55.9 Å². The Hall–Kier alpha value is -4.74. The number of carbonyl (C=O) groups excluding carboxylic acids is 4. The van der Waals surface area contributed by atoms with Crippen LogP contribution in [0.1, 0.15) is 49.9 Å². The summed E-state index contributed by atoms with van der Waals surface area (Å²) in [7, 11) is 0. The van der Waals surface area contributed by atoms with Gasteiger partial charge in [0.2, 0.25) is 11.8 Å². The van der Waals surface area contributed by atoms with Crippen molar-refractivity contribution in [3.63, 3.8) is 0 Å². The second kappa shape index (κ2) is 19.8. The molecule has 0 unspecified atom stereocenters. The van der Waals surface area contributed by atoms with Crippen LogP contribution in [0.3, 0.4) is 0 Å². The number of hydrogen-bond acceptors (Lipinski definition) is 8. The lowest BCUT2D eigenvalue weighted by Crippen LogP contribution is -2.56. The molecule has 0 heterocycles. The number of hydrogen-bond donors (Lipinski definition) is 3. The highest BCUT2D eigenvalue weighted by molar-refractivity contribution is 8.00. The number of esters is 1. The fourth-order valence-corrected chi connectivity index (χ4v) is 8.00. The molecule has 4 aromatic rings. The van der Waals surface area contributed by atoms with E-state index in [0.717, 1.165) is 22.3 Å². The van der Waals surface area contributed by atoms with Crippen LogP contribution in [0.15, 0.2) is 121 Å². The van der Waals surface area contributed by atoms with Crippen LogP contribution in [0, 0.1) is 0 Å². The summed E-state index contributed by atoms with van der Waals surface area (Å²) < 4.78 is 9.78. The fraction of sp³-hybridized carbons (Fsp3) is 0.317. The van der Waals surface area contributed by atoms with Crippen molar-refractivity contribution in [2.75, 3.05) is 24.7 Å². The number of amides is 3. The molecule has 0 aliphatic heterocycles. The lowest BCUT2D eigenvalue weighted by atomic mass is 9.84. The molecule has 3 N–H and O–H groups in total. The zero-order valence-corrected chi connectivity index (χ0v) is 31.6. The average Bonchev–Trinajstić information content (AvgIpc) is 3.14. The summed E-state index contributed by atoms with van der Waals surface area (Å²) >= 11 is 2.96. The molecule has 0 radical (unpaired) electrons. The third-order valence-electron chi connectivity index (χ3n) is 7.76. The monoisotopic (exact) mass is 741 g/mol. The maximum absolute atomic E-state index is 14.3. The van der Waals surface area contributed by atoms with Gasteiger partial charge >= 0.3 is 12.1 Å². The van der Waals surface area contributed by atoms with Gasteiger partial charge in [0.25, 0.3) is 0 Å². The Labute approximate surface area is 315 Å². The Morgan fingerprint density at radius 2 is 1.13 bits per heavy atom. The van der Waals surface area contributed by atoms with E-state index in [4.69, 9.17) is 9.47 Å². The molecule has 11 heteroatoms. The van der Waals surface area contributed by atoms with Gasteiger partial charge in [-0.05, 0) is 49.9 Å². The molecule has 0 saturated carbocycles. The maximum atomic E-state index is 14.3. The van der Waals surface area contributed by atoms with Gasteiger partial charge in [-0.2, -0.15) is 11.8 Å². The first-order valence-corrected chi connectivity index (χ1v) is 19.3. The zero-order valence-electron chi connectivity index (χ0n) is 30.0. The van der Waals surface area contributed by atoms with Crippen molar-refractivity contribution in [3.8, 4) is 0 Å². The highest BCUT2D eigenvalue weighted by atomic mass is 32.2. The van der Waals surface area contributed by atoms with Crippen molar-refractivity contribution in [1.82, 2.24) is 16.0 Å². The summed E-state index contributed by atoms with van der Waals surface area (Å²) in [5.74, 6) is -0.780. The van der Waals surface area contributed by atoms with Gasteiger partial charge in [0.05, 0.1) is 11.4 Å². The average molecular weight is 742 g/mol. The van der Waals surface area contributed by atoms with E-state index in [1.54, 1.807) is 27.7 Å². The van der Waals surface area contributed by atoms with Gasteiger partial charge in [0.1, 0.15) is 24.2 Å². The Kier molecular flexibility index (Phi) is 15.2. The molecule has 0 aliphatic carbocycles. The summed E-state index contributed by atoms with van der Waals surface area (Å²) in [5, 5.41) is 8.26. The predicted octanol–water partition coefficient (Wildman–Crippen LogP) is 6.70. The number of nitrogens with one attached hydrogen (secondary N) is 3. The smallest absolute Gasteiger partial charge is 0.408 e. The largest absolute Gasteiger partial charge is 0.465 e. The van der Waals surface area contributed by atoms with Gasteiger partial charge in [-0.25, -0.2) is 4.79 Å². The quantitative estimate of drug-likeness (QED) is 0.0808. The minimum absolute atomic E-state index is 0.109. The molecule has 0 saturated heterocycles. The number of alkyl carbamates (subject to hydrolysis) is 1. The number of carbonyl (C=O) groups is 4. The standard InChI is InChI=1S/C41H47N3O6S2/c1-5-49-36(45)26-42-37(46)34(28-51-27-30-18-10-6-11-19-30)43-38(47)35(44-39(48)50-40(2,3)4)29-52-41(31-20-12-7-13-21-31,32-22-14-8-15-23-32)33-24-16-9-17-25-33/h6-25,34-35H,5,26-29H2,1-4H3,(H,42,46)(H,43,47)(H,44,48)/t34-,35-/m0/s1. The molecule has 4 rings (SSSR count). The van der Waals surface area contributed by atoms with Gasteiger partial charge in [-0.3, -0.25) is 14.4 Å². The predicted molar refractivity (Wildman–Crippen MR) is 209 cm³/mol. The highest BCUT2D eigenvalue weighted by Crippen LogP contribution is 2.48.